The Morgan fingerprint density at radius 2 is 1.95 bits per heavy atom. The Labute approximate surface area is 122 Å². The van der Waals surface area contributed by atoms with Crippen molar-refractivity contribution in [3.8, 4) is 18.1 Å². The SMILES string of the molecule is C#Cc1cc([C@H]2OC(CO)[C@@H](O)C(O)C2O)ccc1OC. The van der Waals surface area contributed by atoms with Gasteiger partial charge < -0.3 is 29.9 Å². The maximum absolute atomic E-state index is 10.1. The van der Waals surface area contributed by atoms with Crippen molar-refractivity contribution in [1.82, 2.24) is 0 Å². The molecule has 1 aromatic carbocycles. The minimum absolute atomic E-state index is 0.473. The number of hydrogen-bond acceptors (Lipinski definition) is 6. The molecule has 0 bridgehead atoms. The lowest BCUT2D eigenvalue weighted by Crippen LogP contribution is -2.55. The van der Waals surface area contributed by atoms with E-state index in [0.29, 0.717) is 16.9 Å². The molecule has 2 rings (SSSR count). The van der Waals surface area contributed by atoms with Gasteiger partial charge in [0.15, 0.2) is 0 Å². The molecule has 1 fully saturated rings. The third-order valence-corrected chi connectivity index (χ3v) is 3.60. The van der Waals surface area contributed by atoms with Crippen LogP contribution in [-0.4, -0.2) is 58.6 Å². The molecule has 0 spiro atoms. The van der Waals surface area contributed by atoms with Gasteiger partial charge in [0.1, 0.15) is 36.3 Å². The van der Waals surface area contributed by atoms with E-state index in [2.05, 4.69) is 5.92 Å². The van der Waals surface area contributed by atoms with E-state index in [0.717, 1.165) is 0 Å². The number of aliphatic hydroxyl groups is 4. The van der Waals surface area contributed by atoms with Gasteiger partial charge in [0, 0.05) is 0 Å². The Kier molecular flexibility index (Phi) is 4.83. The fourth-order valence-electron chi connectivity index (χ4n) is 2.39. The summed E-state index contributed by atoms with van der Waals surface area (Å²) in [7, 11) is 1.49. The number of methoxy groups -OCH3 is 1. The van der Waals surface area contributed by atoms with Crippen LogP contribution in [0.2, 0.25) is 0 Å². The highest BCUT2D eigenvalue weighted by molar-refractivity contribution is 5.47. The molecule has 1 aliphatic rings. The lowest BCUT2D eigenvalue weighted by Gasteiger charge is -2.40. The highest BCUT2D eigenvalue weighted by atomic mass is 16.5. The largest absolute Gasteiger partial charge is 0.495 e. The maximum Gasteiger partial charge on any atom is 0.134 e. The van der Waals surface area contributed by atoms with E-state index in [-0.39, 0.29) is 0 Å². The zero-order chi connectivity index (χ0) is 15.6. The fourth-order valence-corrected chi connectivity index (χ4v) is 2.39. The predicted octanol–water partition coefficient (Wildman–Crippen LogP) is -0.809. The molecule has 1 aliphatic heterocycles. The van der Waals surface area contributed by atoms with E-state index in [4.69, 9.17) is 15.9 Å². The van der Waals surface area contributed by atoms with Crippen molar-refractivity contribution in [3.63, 3.8) is 0 Å². The van der Waals surface area contributed by atoms with Crippen LogP contribution in [0.1, 0.15) is 17.2 Å². The van der Waals surface area contributed by atoms with Gasteiger partial charge in [0.25, 0.3) is 0 Å². The maximum atomic E-state index is 10.1. The summed E-state index contributed by atoms with van der Waals surface area (Å²) in [6.45, 7) is -0.473. The van der Waals surface area contributed by atoms with Crippen LogP contribution in [0.3, 0.4) is 0 Å². The van der Waals surface area contributed by atoms with Crippen molar-refractivity contribution >= 4 is 0 Å². The van der Waals surface area contributed by atoms with Gasteiger partial charge >= 0.3 is 0 Å². The number of benzene rings is 1. The third-order valence-electron chi connectivity index (χ3n) is 3.60. The van der Waals surface area contributed by atoms with E-state index in [1.54, 1.807) is 18.2 Å². The monoisotopic (exact) mass is 294 g/mol. The summed E-state index contributed by atoms with van der Waals surface area (Å²) in [5.41, 5.74) is 1.01. The van der Waals surface area contributed by atoms with Crippen LogP contribution < -0.4 is 4.74 Å². The second kappa shape index (κ2) is 6.43. The predicted molar refractivity (Wildman–Crippen MR) is 73.6 cm³/mol. The van der Waals surface area contributed by atoms with Crippen molar-refractivity contribution in [2.75, 3.05) is 13.7 Å². The van der Waals surface area contributed by atoms with Gasteiger partial charge in [-0.2, -0.15) is 0 Å². The molecule has 3 unspecified atom stereocenters. The highest BCUT2D eigenvalue weighted by Crippen LogP contribution is 2.34. The molecule has 0 aliphatic carbocycles. The first-order valence-electron chi connectivity index (χ1n) is 6.48. The van der Waals surface area contributed by atoms with Crippen LogP contribution in [0.15, 0.2) is 18.2 Å². The van der Waals surface area contributed by atoms with Crippen LogP contribution >= 0.6 is 0 Å². The number of hydrogen-bond donors (Lipinski definition) is 4. The van der Waals surface area contributed by atoms with Gasteiger partial charge in [-0.3, -0.25) is 0 Å². The summed E-state index contributed by atoms with van der Waals surface area (Å²) in [6.07, 6.45) is -0.592. The molecule has 1 saturated heterocycles. The highest BCUT2D eigenvalue weighted by Gasteiger charge is 2.43. The fraction of sp³-hybridized carbons (Fsp3) is 0.467. The summed E-state index contributed by atoms with van der Waals surface area (Å²) in [6, 6.07) is 4.88. The van der Waals surface area contributed by atoms with E-state index in [9.17, 15) is 20.4 Å². The molecule has 6 heteroatoms. The second-order valence-electron chi connectivity index (χ2n) is 4.85. The Balaban J connectivity index is 2.34. The number of terminal acetylenes is 1. The molecular weight excluding hydrogens is 276 g/mol. The van der Waals surface area contributed by atoms with Gasteiger partial charge in [-0.1, -0.05) is 12.0 Å². The normalized spacial score (nSPS) is 32.5. The molecule has 4 N–H and O–H groups in total. The van der Waals surface area contributed by atoms with Crippen LogP contribution in [0.5, 0.6) is 5.75 Å². The van der Waals surface area contributed by atoms with Crippen molar-refractivity contribution in [3.05, 3.63) is 29.3 Å². The van der Waals surface area contributed by atoms with Crippen molar-refractivity contribution in [2.24, 2.45) is 0 Å². The smallest absolute Gasteiger partial charge is 0.134 e. The molecule has 21 heavy (non-hydrogen) atoms. The third kappa shape index (κ3) is 2.88. The first-order valence-corrected chi connectivity index (χ1v) is 6.48. The summed E-state index contributed by atoms with van der Waals surface area (Å²) in [5.74, 6) is 2.97. The van der Waals surface area contributed by atoms with E-state index in [1.807, 2.05) is 0 Å². The van der Waals surface area contributed by atoms with Crippen molar-refractivity contribution < 1.29 is 29.9 Å². The van der Waals surface area contributed by atoms with E-state index >= 15 is 0 Å². The first-order chi connectivity index (χ1) is 10.0. The lowest BCUT2D eigenvalue weighted by atomic mass is 9.90. The molecule has 0 saturated carbocycles. The Bertz CT molecular complexity index is 535. The number of ether oxygens (including phenoxy) is 2. The Morgan fingerprint density at radius 3 is 2.52 bits per heavy atom. The quantitative estimate of drug-likeness (QED) is 0.544. The van der Waals surface area contributed by atoms with Crippen LogP contribution in [-0.2, 0) is 4.74 Å². The molecular formula is C15H18O6. The standard InChI is InChI=1S/C15H18O6/c1-3-8-6-9(4-5-10(8)20-2)15-14(19)13(18)12(17)11(7-16)21-15/h1,4-6,11-19H,7H2,2H3/t11?,12-,13?,14?,15-/m1/s1. The lowest BCUT2D eigenvalue weighted by molar-refractivity contribution is -0.231. The summed E-state index contributed by atoms with van der Waals surface area (Å²) in [5, 5.41) is 38.8. The Morgan fingerprint density at radius 1 is 1.24 bits per heavy atom. The van der Waals surface area contributed by atoms with Crippen LogP contribution in [0, 0.1) is 12.3 Å². The van der Waals surface area contributed by atoms with Gasteiger partial charge in [-0.15, -0.1) is 6.42 Å². The molecule has 0 radical (unpaired) electrons. The molecule has 0 aromatic heterocycles. The molecule has 6 nitrogen and oxygen atoms in total. The molecule has 1 heterocycles. The first kappa shape index (κ1) is 15.8. The molecule has 5 atom stereocenters. The Hall–Kier alpha value is -1.62. The summed E-state index contributed by atoms with van der Waals surface area (Å²) < 4.78 is 10.6. The van der Waals surface area contributed by atoms with E-state index in [1.165, 1.54) is 7.11 Å². The average Bonchev–Trinajstić information content (AvgIpc) is 2.52. The molecule has 0 amide bonds. The van der Waals surface area contributed by atoms with Crippen LogP contribution in [0.4, 0.5) is 0 Å². The minimum Gasteiger partial charge on any atom is -0.495 e. The van der Waals surface area contributed by atoms with Gasteiger partial charge in [0.2, 0.25) is 0 Å². The van der Waals surface area contributed by atoms with Gasteiger partial charge in [0.05, 0.1) is 19.3 Å². The molecule has 114 valence electrons. The second-order valence-corrected chi connectivity index (χ2v) is 4.85. The van der Waals surface area contributed by atoms with Gasteiger partial charge in [-0.25, -0.2) is 0 Å². The zero-order valence-corrected chi connectivity index (χ0v) is 11.5. The van der Waals surface area contributed by atoms with Crippen molar-refractivity contribution in [1.29, 1.82) is 0 Å². The van der Waals surface area contributed by atoms with Crippen LogP contribution in [0.25, 0.3) is 0 Å². The van der Waals surface area contributed by atoms with Crippen molar-refractivity contribution in [2.45, 2.75) is 30.5 Å². The minimum atomic E-state index is -1.42. The number of aliphatic hydroxyl groups excluding tert-OH is 4. The summed E-state index contributed by atoms with van der Waals surface area (Å²) >= 11 is 0. The molecule has 1 aromatic rings. The summed E-state index contributed by atoms with van der Waals surface area (Å²) in [4.78, 5) is 0. The zero-order valence-electron chi connectivity index (χ0n) is 11.5. The number of rotatable bonds is 3. The van der Waals surface area contributed by atoms with E-state index < -0.39 is 37.1 Å². The van der Waals surface area contributed by atoms with Gasteiger partial charge in [-0.05, 0) is 17.7 Å². The average molecular weight is 294 g/mol. The topological polar surface area (TPSA) is 99.4 Å².